The predicted octanol–water partition coefficient (Wildman–Crippen LogP) is 4.01. The number of ether oxygens (including phenoxy) is 1. The lowest BCUT2D eigenvalue weighted by Crippen LogP contribution is -2.20. The van der Waals surface area contributed by atoms with Crippen molar-refractivity contribution in [2.75, 3.05) is 11.9 Å². The molecule has 2 rings (SSSR count). The summed E-state index contributed by atoms with van der Waals surface area (Å²) in [5, 5.41) is 3.35. The molecule has 98 valence electrons. The highest BCUT2D eigenvalue weighted by Gasteiger charge is 2.08. The van der Waals surface area contributed by atoms with Gasteiger partial charge in [-0.25, -0.2) is 0 Å². The highest BCUT2D eigenvalue weighted by molar-refractivity contribution is 6.43. The third-order valence-corrected chi connectivity index (χ3v) is 3.16. The number of hydrogen-bond donors (Lipinski definition) is 1. The Kier molecular flexibility index (Phi) is 4.66. The van der Waals surface area contributed by atoms with Crippen molar-refractivity contribution in [3.05, 3.63) is 58.6 Å². The number of carbonyl (C=O) groups excluding carboxylic acids is 1. The van der Waals surface area contributed by atoms with Crippen LogP contribution in [0.15, 0.2) is 48.5 Å². The summed E-state index contributed by atoms with van der Waals surface area (Å²) in [6.07, 6.45) is 0. The van der Waals surface area contributed by atoms with Gasteiger partial charge >= 0.3 is 0 Å². The standard InChI is InChI=1S/C14H11Cl2NO2/c15-11-7-4-8-12(14(11)16)17-13(18)9-19-10-5-2-1-3-6-10/h1-8H,9H2,(H,17,18). The van der Waals surface area contributed by atoms with E-state index in [9.17, 15) is 4.79 Å². The molecule has 1 amide bonds. The number of anilines is 1. The van der Waals surface area contributed by atoms with Crippen LogP contribution in [0.5, 0.6) is 5.75 Å². The van der Waals surface area contributed by atoms with Crippen molar-refractivity contribution >= 4 is 34.8 Å². The summed E-state index contributed by atoms with van der Waals surface area (Å²) in [7, 11) is 0. The molecule has 3 nitrogen and oxygen atoms in total. The number of nitrogens with one attached hydrogen (secondary N) is 1. The molecule has 1 N–H and O–H groups in total. The van der Waals surface area contributed by atoms with Gasteiger partial charge in [-0.15, -0.1) is 0 Å². The molecule has 0 aliphatic rings. The highest BCUT2D eigenvalue weighted by Crippen LogP contribution is 2.29. The largest absolute Gasteiger partial charge is 0.484 e. The van der Waals surface area contributed by atoms with E-state index in [1.165, 1.54) is 0 Å². The maximum atomic E-state index is 11.7. The number of halogens is 2. The topological polar surface area (TPSA) is 38.3 Å². The van der Waals surface area contributed by atoms with Gasteiger partial charge in [-0.05, 0) is 24.3 Å². The summed E-state index contributed by atoms with van der Waals surface area (Å²) < 4.78 is 5.32. The molecule has 0 saturated carbocycles. The number of para-hydroxylation sites is 1. The second-order valence-electron chi connectivity index (χ2n) is 3.75. The summed E-state index contributed by atoms with van der Waals surface area (Å²) >= 11 is 11.8. The van der Waals surface area contributed by atoms with Crippen LogP contribution in [0.25, 0.3) is 0 Å². The number of benzene rings is 2. The number of rotatable bonds is 4. The Labute approximate surface area is 121 Å². The molecule has 0 aliphatic carbocycles. The van der Waals surface area contributed by atoms with E-state index in [4.69, 9.17) is 27.9 Å². The lowest BCUT2D eigenvalue weighted by molar-refractivity contribution is -0.118. The summed E-state index contributed by atoms with van der Waals surface area (Å²) in [6, 6.07) is 14.1. The average Bonchev–Trinajstić information content (AvgIpc) is 2.43. The third kappa shape index (κ3) is 3.88. The minimum atomic E-state index is -0.298. The first kappa shape index (κ1) is 13.7. The van der Waals surface area contributed by atoms with Crippen molar-refractivity contribution in [1.82, 2.24) is 0 Å². The summed E-state index contributed by atoms with van der Waals surface area (Å²) in [6.45, 7) is -0.0904. The van der Waals surface area contributed by atoms with Crippen molar-refractivity contribution in [3.63, 3.8) is 0 Å². The van der Waals surface area contributed by atoms with E-state index in [-0.39, 0.29) is 12.5 Å². The molecule has 2 aromatic carbocycles. The van der Waals surface area contributed by atoms with Crippen LogP contribution in [0.2, 0.25) is 10.0 Å². The Morgan fingerprint density at radius 2 is 1.79 bits per heavy atom. The molecule has 0 fully saturated rings. The van der Waals surface area contributed by atoms with Gasteiger partial charge in [0.1, 0.15) is 5.75 Å². The monoisotopic (exact) mass is 295 g/mol. The normalized spacial score (nSPS) is 10.0. The zero-order valence-corrected chi connectivity index (χ0v) is 11.4. The Bertz CT molecular complexity index is 573. The van der Waals surface area contributed by atoms with Crippen LogP contribution in [0.3, 0.4) is 0 Å². The number of hydrogen-bond acceptors (Lipinski definition) is 2. The molecule has 0 aliphatic heterocycles. The molecule has 2 aromatic rings. The third-order valence-electron chi connectivity index (χ3n) is 2.34. The maximum absolute atomic E-state index is 11.7. The van der Waals surface area contributed by atoms with Crippen molar-refractivity contribution in [1.29, 1.82) is 0 Å². The molecule has 0 heterocycles. The number of carbonyl (C=O) groups is 1. The molecule has 0 radical (unpaired) electrons. The van der Waals surface area contributed by atoms with Crippen LogP contribution >= 0.6 is 23.2 Å². The maximum Gasteiger partial charge on any atom is 0.262 e. The van der Waals surface area contributed by atoms with E-state index in [1.54, 1.807) is 30.3 Å². The van der Waals surface area contributed by atoms with Crippen LogP contribution in [0.1, 0.15) is 0 Å². The van der Waals surface area contributed by atoms with Gasteiger partial charge in [0.2, 0.25) is 0 Å². The van der Waals surface area contributed by atoms with Gasteiger partial charge < -0.3 is 10.1 Å². The van der Waals surface area contributed by atoms with Crippen molar-refractivity contribution in [3.8, 4) is 5.75 Å². The van der Waals surface area contributed by atoms with E-state index in [0.29, 0.717) is 21.5 Å². The van der Waals surface area contributed by atoms with Gasteiger partial charge in [0.15, 0.2) is 6.61 Å². The van der Waals surface area contributed by atoms with Crippen LogP contribution in [-0.2, 0) is 4.79 Å². The lowest BCUT2D eigenvalue weighted by atomic mass is 10.3. The molecular weight excluding hydrogens is 285 g/mol. The first-order chi connectivity index (χ1) is 9.16. The molecule has 0 saturated heterocycles. The van der Waals surface area contributed by atoms with Crippen molar-refractivity contribution in [2.24, 2.45) is 0 Å². The molecule has 19 heavy (non-hydrogen) atoms. The molecule has 5 heteroatoms. The molecule has 0 unspecified atom stereocenters. The molecule has 0 spiro atoms. The van der Waals surface area contributed by atoms with E-state index >= 15 is 0 Å². The fourth-order valence-electron chi connectivity index (χ4n) is 1.45. The van der Waals surface area contributed by atoms with Crippen LogP contribution in [0, 0.1) is 0 Å². The van der Waals surface area contributed by atoms with Crippen molar-refractivity contribution < 1.29 is 9.53 Å². The van der Waals surface area contributed by atoms with Gasteiger partial charge in [-0.3, -0.25) is 4.79 Å². The SMILES string of the molecule is O=C(COc1ccccc1)Nc1cccc(Cl)c1Cl. The summed E-state index contributed by atoms with van der Waals surface area (Å²) in [5.41, 5.74) is 0.468. The molecule has 0 bridgehead atoms. The highest BCUT2D eigenvalue weighted by atomic mass is 35.5. The quantitative estimate of drug-likeness (QED) is 0.925. The Balaban J connectivity index is 1.93. The Hall–Kier alpha value is -1.71. The zero-order valence-electron chi connectivity index (χ0n) is 9.90. The molecule has 0 aromatic heterocycles. The summed E-state index contributed by atoms with van der Waals surface area (Å²) in [4.78, 5) is 11.7. The Morgan fingerprint density at radius 3 is 2.53 bits per heavy atom. The first-order valence-corrected chi connectivity index (χ1v) is 6.34. The van der Waals surface area contributed by atoms with Gasteiger partial charge in [-0.1, -0.05) is 47.5 Å². The Morgan fingerprint density at radius 1 is 1.05 bits per heavy atom. The second-order valence-corrected chi connectivity index (χ2v) is 4.54. The van der Waals surface area contributed by atoms with E-state index in [2.05, 4.69) is 5.32 Å². The number of amides is 1. The van der Waals surface area contributed by atoms with Crippen LogP contribution < -0.4 is 10.1 Å². The van der Waals surface area contributed by atoms with Gasteiger partial charge in [0.05, 0.1) is 15.7 Å². The fraction of sp³-hybridized carbons (Fsp3) is 0.0714. The van der Waals surface area contributed by atoms with Gasteiger partial charge in [0, 0.05) is 0 Å². The first-order valence-electron chi connectivity index (χ1n) is 5.58. The summed E-state index contributed by atoms with van der Waals surface area (Å²) in [5.74, 6) is 0.336. The van der Waals surface area contributed by atoms with Crippen molar-refractivity contribution in [2.45, 2.75) is 0 Å². The van der Waals surface area contributed by atoms with Crippen LogP contribution in [-0.4, -0.2) is 12.5 Å². The second kappa shape index (κ2) is 6.45. The lowest BCUT2D eigenvalue weighted by Gasteiger charge is -2.09. The smallest absolute Gasteiger partial charge is 0.262 e. The predicted molar refractivity (Wildman–Crippen MR) is 77.0 cm³/mol. The average molecular weight is 296 g/mol. The van der Waals surface area contributed by atoms with Crippen LogP contribution in [0.4, 0.5) is 5.69 Å². The minimum Gasteiger partial charge on any atom is -0.484 e. The van der Waals surface area contributed by atoms with Gasteiger partial charge in [0.25, 0.3) is 5.91 Å². The van der Waals surface area contributed by atoms with E-state index in [0.717, 1.165) is 0 Å². The molecule has 0 atom stereocenters. The van der Waals surface area contributed by atoms with E-state index < -0.39 is 0 Å². The fourth-order valence-corrected chi connectivity index (χ4v) is 1.80. The van der Waals surface area contributed by atoms with E-state index in [1.807, 2.05) is 18.2 Å². The molecular formula is C14H11Cl2NO2. The minimum absolute atomic E-state index is 0.0904. The van der Waals surface area contributed by atoms with Gasteiger partial charge in [-0.2, -0.15) is 0 Å². The zero-order chi connectivity index (χ0) is 13.7.